The second kappa shape index (κ2) is 8.10. The number of nitrogens with zero attached hydrogens (tertiary/aromatic N) is 1. The molecule has 8 heteroatoms. The van der Waals surface area contributed by atoms with Crippen LogP contribution in [0.1, 0.15) is 5.89 Å². The zero-order chi connectivity index (χ0) is 21.1. The highest BCUT2D eigenvalue weighted by atomic mass is 32.2. The summed E-state index contributed by atoms with van der Waals surface area (Å²) >= 11 is 0. The number of halogens is 1. The van der Waals surface area contributed by atoms with E-state index in [1.165, 1.54) is 24.3 Å². The van der Waals surface area contributed by atoms with Gasteiger partial charge in [-0.3, -0.25) is 0 Å². The number of primary sulfonamides is 1. The third-order valence-corrected chi connectivity index (χ3v) is 5.25. The highest BCUT2D eigenvalue weighted by molar-refractivity contribution is 7.89. The van der Waals surface area contributed by atoms with Crippen molar-refractivity contribution in [3.8, 4) is 28.3 Å². The molecule has 3 aromatic carbocycles. The van der Waals surface area contributed by atoms with E-state index < -0.39 is 15.8 Å². The van der Waals surface area contributed by atoms with Crippen LogP contribution in [0.25, 0.3) is 22.6 Å². The average molecular weight is 424 g/mol. The van der Waals surface area contributed by atoms with Crippen LogP contribution in [0.15, 0.2) is 88.2 Å². The van der Waals surface area contributed by atoms with E-state index >= 15 is 0 Å². The largest absolute Gasteiger partial charge is 0.484 e. The molecule has 1 aromatic heterocycles. The van der Waals surface area contributed by atoms with Gasteiger partial charge in [-0.25, -0.2) is 22.9 Å². The molecular formula is C22H17FN2O4S. The number of hydrogen-bond donors (Lipinski definition) is 1. The van der Waals surface area contributed by atoms with Gasteiger partial charge >= 0.3 is 0 Å². The van der Waals surface area contributed by atoms with Crippen LogP contribution in [0.5, 0.6) is 5.75 Å². The van der Waals surface area contributed by atoms with E-state index in [2.05, 4.69) is 4.98 Å². The van der Waals surface area contributed by atoms with Crippen LogP contribution in [-0.2, 0) is 16.6 Å². The maximum atomic E-state index is 13.3. The minimum Gasteiger partial charge on any atom is -0.484 e. The predicted molar refractivity (Wildman–Crippen MR) is 109 cm³/mol. The van der Waals surface area contributed by atoms with Gasteiger partial charge in [0.1, 0.15) is 17.3 Å². The van der Waals surface area contributed by atoms with Gasteiger partial charge in [0.05, 0.1) is 4.90 Å². The zero-order valence-electron chi connectivity index (χ0n) is 15.7. The Kier molecular flexibility index (Phi) is 5.35. The molecule has 0 aliphatic heterocycles. The zero-order valence-corrected chi connectivity index (χ0v) is 16.5. The average Bonchev–Trinajstić information content (AvgIpc) is 3.17. The summed E-state index contributed by atoms with van der Waals surface area (Å²) in [5, 5.41) is 5.17. The van der Waals surface area contributed by atoms with Crippen molar-refractivity contribution in [1.29, 1.82) is 0 Å². The van der Waals surface area contributed by atoms with E-state index in [4.69, 9.17) is 14.3 Å². The lowest BCUT2D eigenvalue weighted by atomic mass is 10.1. The normalized spacial score (nSPS) is 11.4. The first-order valence-corrected chi connectivity index (χ1v) is 10.5. The van der Waals surface area contributed by atoms with Crippen molar-refractivity contribution in [3.05, 3.63) is 90.6 Å². The Hall–Kier alpha value is -3.49. The SMILES string of the molecule is NS(=O)(=O)c1ccc(-c2oc(COc3cccc(F)c3)nc2-c2ccccc2)cc1. The molecule has 0 aliphatic carbocycles. The van der Waals surface area contributed by atoms with Gasteiger partial charge in [-0.1, -0.05) is 36.4 Å². The number of sulfonamides is 1. The molecule has 0 spiro atoms. The number of ether oxygens (including phenoxy) is 1. The molecule has 4 rings (SSSR count). The Labute approximate surface area is 172 Å². The predicted octanol–water partition coefficient (Wildman–Crippen LogP) is 4.37. The van der Waals surface area contributed by atoms with Crippen molar-refractivity contribution < 1.29 is 22.0 Å². The molecule has 0 saturated heterocycles. The molecule has 4 aromatic rings. The molecule has 0 bridgehead atoms. The van der Waals surface area contributed by atoms with Gasteiger partial charge in [0.2, 0.25) is 15.9 Å². The summed E-state index contributed by atoms with van der Waals surface area (Å²) in [6.45, 7) is -0.00144. The number of benzene rings is 3. The molecule has 0 radical (unpaired) electrons. The third kappa shape index (κ3) is 4.40. The molecule has 0 aliphatic rings. The van der Waals surface area contributed by atoms with Crippen LogP contribution in [0, 0.1) is 5.82 Å². The quantitative estimate of drug-likeness (QED) is 0.496. The van der Waals surface area contributed by atoms with Crippen LogP contribution < -0.4 is 9.88 Å². The van der Waals surface area contributed by atoms with Crippen molar-refractivity contribution in [2.24, 2.45) is 5.14 Å². The molecule has 0 atom stereocenters. The van der Waals surface area contributed by atoms with E-state index in [1.54, 1.807) is 24.3 Å². The van der Waals surface area contributed by atoms with Crippen LogP contribution in [0.4, 0.5) is 4.39 Å². The maximum Gasteiger partial charge on any atom is 0.238 e. The van der Waals surface area contributed by atoms with Gasteiger partial charge in [0, 0.05) is 17.2 Å². The second-order valence-electron chi connectivity index (χ2n) is 6.47. The molecule has 1 heterocycles. The van der Waals surface area contributed by atoms with Crippen LogP contribution in [0.3, 0.4) is 0 Å². The fourth-order valence-electron chi connectivity index (χ4n) is 2.91. The van der Waals surface area contributed by atoms with Crippen molar-refractivity contribution >= 4 is 10.0 Å². The van der Waals surface area contributed by atoms with Gasteiger partial charge < -0.3 is 9.15 Å². The molecule has 0 saturated carbocycles. The summed E-state index contributed by atoms with van der Waals surface area (Å²) in [6, 6.07) is 21.2. The Morgan fingerprint density at radius 1 is 0.933 bits per heavy atom. The summed E-state index contributed by atoms with van der Waals surface area (Å²) in [5.74, 6) is 0.706. The number of nitrogens with two attached hydrogens (primary N) is 1. The van der Waals surface area contributed by atoms with Gasteiger partial charge in [-0.15, -0.1) is 0 Å². The van der Waals surface area contributed by atoms with E-state index in [9.17, 15) is 12.8 Å². The summed E-state index contributed by atoms with van der Waals surface area (Å²) < 4.78 is 47.9. The topological polar surface area (TPSA) is 95.4 Å². The lowest BCUT2D eigenvalue weighted by Crippen LogP contribution is -2.11. The van der Waals surface area contributed by atoms with Gasteiger partial charge in [-0.05, 0) is 36.4 Å². The summed E-state index contributed by atoms with van der Waals surface area (Å²) in [4.78, 5) is 4.54. The van der Waals surface area contributed by atoms with Crippen molar-refractivity contribution in [2.75, 3.05) is 0 Å². The lowest BCUT2D eigenvalue weighted by molar-refractivity contribution is 0.263. The van der Waals surface area contributed by atoms with Crippen LogP contribution in [0.2, 0.25) is 0 Å². The summed E-state index contributed by atoms with van der Waals surface area (Å²) in [6.07, 6.45) is 0. The second-order valence-corrected chi connectivity index (χ2v) is 8.03. The Balaban J connectivity index is 1.69. The fourth-order valence-corrected chi connectivity index (χ4v) is 3.43. The molecular weight excluding hydrogens is 407 g/mol. The smallest absolute Gasteiger partial charge is 0.238 e. The third-order valence-electron chi connectivity index (χ3n) is 4.32. The number of rotatable bonds is 6. The van der Waals surface area contributed by atoms with Gasteiger partial charge in [0.15, 0.2) is 12.4 Å². The fraction of sp³-hybridized carbons (Fsp3) is 0.0455. The highest BCUT2D eigenvalue weighted by Gasteiger charge is 2.18. The Morgan fingerprint density at radius 3 is 2.33 bits per heavy atom. The molecule has 30 heavy (non-hydrogen) atoms. The van der Waals surface area contributed by atoms with Crippen LogP contribution >= 0.6 is 0 Å². The van der Waals surface area contributed by atoms with Gasteiger partial charge in [-0.2, -0.15) is 0 Å². The first kappa shape index (κ1) is 19.8. The molecule has 6 nitrogen and oxygen atoms in total. The molecule has 0 amide bonds. The molecule has 2 N–H and O–H groups in total. The summed E-state index contributed by atoms with van der Waals surface area (Å²) in [7, 11) is -3.80. The standard InChI is InChI=1S/C22H17FN2O4S/c23-17-7-4-8-18(13-17)28-14-20-25-21(15-5-2-1-3-6-15)22(29-20)16-9-11-19(12-10-16)30(24,26)27/h1-13H,14H2,(H2,24,26,27). The van der Waals surface area contributed by atoms with Crippen molar-refractivity contribution in [1.82, 2.24) is 4.98 Å². The highest BCUT2D eigenvalue weighted by Crippen LogP contribution is 2.33. The van der Waals surface area contributed by atoms with E-state index in [-0.39, 0.29) is 11.5 Å². The number of hydrogen-bond acceptors (Lipinski definition) is 5. The van der Waals surface area contributed by atoms with E-state index in [1.807, 2.05) is 30.3 Å². The molecule has 152 valence electrons. The number of aromatic nitrogens is 1. The Morgan fingerprint density at radius 2 is 1.67 bits per heavy atom. The monoisotopic (exact) mass is 424 g/mol. The number of oxazole rings is 1. The first-order valence-electron chi connectivity index (χ1n) is 8.97. The van der Waals surface area contributed by atoms with Crippen molar-refractivity contribution in [2.45, 2.75) is 11.5 Å². The van der Waals surface area contributed by atoms with Crippen molar-refractivity contribution in [3.63, 3.8) is 0 Å². The molecule has 0 fully saturated rings. The van der Waals surface area contributed by atoms with E-state index in [0.29, 0.717) is 28.7 Å². The Bertz CT molecular complexity index is 1270. The van der Waals surface area contributed by atoms with Crippen LogP contribution in [-0.4, -0.2) is 13.4 Å². The van der Waals surface area contributed by atoms with E-state index in [0.717, 1.165) is 5.56 Å². The minimum absolute atomic E-state index is 0.00144. The summed E-state index contributed by atoms with van der Waals surface area (Å²) in [5.41, 5.74) is 2.03. The first-order chi connectivity index (χ1) is 14.4. The molecule has 0 unspecified atom stereocenters. The van der Waals surface area contributed by atoms with Gasteiger partial charge in [0.25, 0.3) is 0 Å². The lowest BCUT2D eigenvalue weighted by Gasteiger charge is -2.03. The minimum atomic E-state index is -3.80. The maximum absolute atomic E-state index is 13.3.